The average molecular weight is 706 g/mol. The summed E-state index contributed by atoms with van der Waals surface area (Å²) < 4.78 is 23.9. The van der Waals surface area contributed by atoms with E-state index in [0.29, 0.717) is 19.6 Å². The number of alkyl carbamates (subject to hydrolysis) is 1. The maximum absolute atomic E-state index is 13.3. The molecule has 0 aliphatic carbocycles. The summed E-state index contributed by atoms with van der Waals surface area (Å²) in [6, 6.07) is 31.8. The van der Waals surface area contributed by atoms with E-state index < -0.39 is 24.3 Å². The summed E-state index contributed by atoms with van der Waals surface area (Å²) in [7, 11) is 0. The highest BCUT2D eigenvalue weighted by Gasteiger charge is 2.40. The van der Waals surface area contributed by atoms with Crippen LogP contribution in [0.5, 0.6) is 0 Å². The summed E-state index contributed by atoms with van der Waals surface area (Å²) in [5.74, 6) is -0.826. The maximum Gasteiger partial charge on any atom is 0.408 e. The Labute approximate surface area is 303 Å². The quantitative estimate of drug-likeness (QED) is 0.201. The second-order valence-corrected chi connectivity index (χ2v) is 13.3. The minimum atomic E-state index is -0.985. The van der Waals surface area contributed by atoms with E-state index in [1.165, 1.54) is 4.90 Å². The number of nitrogens with one attached hydrogen (secondary N) is 1. The Hall–Kier alpha value is -4.91. The molecule has 4 aromatic rings. The minimum absolute atomic E-state index is 0.0128. The highest BCUT2D eigenvalue weighted by Crippen LogP contribution is 2.39. The van der Waals surface area contributed by atoms with E-state index in [9.17, 15) is 19.5 Å². The van der Waals surface area contributed by atoms with Crippen molar-refractivity contribution >= 4 is 17.9 Å². The van der Waals surface area contributed by atoms with Gasteiger partial charge in [0.1, 0.15) is 12.6 Å². The molecule has 11 heteroatoms. The summed E-state index contributed by atoms with van der Waals surface area (Å²) in [6.45, 7) is 4.05. The van der Waals surface area contributed by atoms with Crippen LogP contribution in [0.15, 0.2) is 103 Å². The normalized spacial score (nSPS) is 22.4. The molecule has 0 spiro atoms. The van der Waals surface area contributed by atoms with Gasteiger partial charge in [0.15, 0.2) is 6.29 Å². The predicted molar refractivity (Wildman–Crippen MR) is 191 cm³/mol. The second kappa shape index (κ2) is 16.6. The number of nitrogens with zero attached hydrogens (tertiary/aromatic N) is 2. The van der Waals surface area contributed by atoms with Crippen LogP contribution >= 0.6 is 0 Å². The van der Waals surface area contributed by atoms with Crippen LogP contribution in [0, 0.1) is 0 Å². The molecule has 0 radical (unpaired) electrons. The Morgan fingerprint density at radius 3 is 2.29 bits per heavy atom. The van der Waals surface area contributed by atoms with Gasteiger partial charge in [0.2, 0.25) is 5.91 Å². The largest absolute Gasteiger partial charge is 0.445 e. The first kappa shape index (κ1) is 35.5. The molecule has 3 heterocycles. The number of rotatable bonds is 11. The lowest BCUT2D eigenvalue weighted by molar-refractivity contribution is -0.253. The Morgan fingerprint density at radius 2 is 1.54 bits per heavy atom. The van der Waals surface area contributed by atoms with Crippen molar-refractivity contribution in [3.8, 4) is 11.1 Å². The SMILES string of the molecule is O=C(NC1CC(=O)N(Cc2ccccc2-c2ccc(C3OC(CN4CCOCC4)CC(c4ccc(CO)cc4)O3)cc2)C1=O)OCc1ccccc1. The van der Waals surface area contributed by atoms with Crippen LogP contribution in [0.1, 0.15) is 53.1 Å². The van der Waals surface area contributed by atoms with Crippen LogP contribution in [0.3, 0.4) is 0 Å². The van der Waals surface area contributed by atoms with E-state index >= 15 is 0 Å². The molecule has 11 nitrogen and oxygen atoms in total. The summed E-state index contributed by atoms with van der Waals surface area (Å²) in [4.78, 5) is 42.3. The fraction of sp³-hybridized carbons (Fsp3) is 0.341. The molecular weight excluding hydrogens is 662 g/mol. The van der Waals surface area contributed by atoms with Gasteiger partial charge in [-0.25, -0.2) is 4.79 Å². The van der Waals surface area contributed by atoms with Gasteiger partial charge in [0.25, 0.3) is 5.91 Å². The van der Waals surface area contributed by atoms with Crippen LogP contribution in [-0.2, 0) is 48.3 Å². The number of aliphatic hydroxyl groups excluding tert-OH is 1. The molecule has 3 aliphatic heterocycles. The average Bonchev–Trinajstić information content (AvgIpc) is 3.45. The first-order valence-corrected chi connectivity index (χ1v) is 17.7. The number of ether oxygens (including phenoxy) is 4. The molecule has 0 aromatic heterocycles. The number of likely N-dealkylation sites (tertiary alicyclic amines) is 1. The summed E-state index contributed by atoms with van der Waals surface area (Å²) in [5.41, 5.74) is 6.17. The molecule has 3 fully saturated rings. The number of carbonyl (C=O) groups is 3. The number of imide groups is 1. The van der Waals surface area contributed by atoms with E-state index in [-0.39, 0.29) is 44.3 Å². The fourth-order valence-electron chi connectivity index (χ4n) is 6.90. The Morgan fingerprint density at radius 1 is 0.827 bits per heavy atom. The van der Waals surface area contributed by atoms with Crippen molar-refractivity contribution in [3.05, 3.63) is 131 Å². The third kappa shape index (κ3) is 8.58. The number of hydrogen-bond acceptors (Lipinski definition) is 9. The first-order valence-electron chi connectivity index (χ1n) is 17.7. The smallest absolute Gasteiger partial charge is 0.408 e. The maximum atomic E-state index is 13.3. The summed E-state index contributed by atoms with van der Waals surface area (Å²) >= 11 is 0. The lowest BCUT2D eigenvalue weighted by Gasteiger charge is -2.39. The van der Waals surface area contributed by atoms with Crippen molar-refractivity contribution in [2.45, 2.75) is 57.1 Å². The minimum Gasteiger partial charge on any atom is -0.445 e. The van der Waals surface area contributed by atoms with Crippen molar-refractivity contribution in [3.63, 3.8) is 0 Å². The molecule has 2 N–H and O–H groups in total. The summed E-state index contributed by atoms with van der Waals surface area (Å²) in [5, 5.41) is 12.1. The molecule has 4 atom stereocenters. The van der Waals surface area contributed by atoms with Gasteiger partial charge >= 0.3 is 6.09 Å². The number of amides is 3. The van der Waals surface area contributed by atoms with Crippen molar-refractivity contribution in [2.24, 2.45) is 0 Å². The molecule has 0 saturated carbocycles. The fourth-order valence-corrected chi connectivity index (χ4v) is 6.90. The predicted octanol–water partition coefficient (Wildman–Crippen LogP) is 5.28. The van der Waals surface area contributed by atoms with Crippen LogP contribution in [0.25, 0.3) is 11.1 Å². The number of aliphatic hydroxyl groups is 1. The third-order valence-corrected chi connectivity index (χ3v) is 9.77. The monoisotopic (exact) mass is 705 g/mol. The molecule has 3 saturated heterocycles. The first-order chi connectivity index (χ1) is 25.4. The molecule has 3 aliphatic rings. The van der Waals surface area contributed by atoms with Gasteiger partial charge in [-0.15, -0.1) is 0 Å². The van der Waals surface area contributed by atoms with Gasteiger partial charge < -0.3 is 29.4 Å². The van der Waals surface area contributed by atoms with Gasteiger partial charge in [0.05, 0.1) is 45.0 Å². The molecule has 270 valence electrons. The lowest BCUT2D eigenvalue weighted by Crippen LogP contribution is -2.44. The zero-order valence-corrected chi connectivity index (χ0v) is 28.9. The zero-order chi connectivity index (χ0) is 35.9. The summed E-state index contributed by atoms with van der Waals surface area (Å²) in [6.07, 6.45) is -0.998. The number of hydrogen-bond donors (Lipinski definition) is 2. The number of benzene rings is 4. The Balaban J connectivity index is 1.03. The van der Waals surface area contributed by atoms with E-state index in [1.54, 1.807) is 0 Å². The van der Waals surface area contributed by atoms with Gasteiger partial charge in [-0.3, -0.25) is 19.4 Å². The van der Waals surface area contributed by atoms with Crippen LogP contribution in [-0.4, -0.2) is 77.8 Å². The van der Waals surface area contributed by atoms with Gasteiger partial charge in [-0.1, -0.05) is 103 Å². The highest BCUT2D eigenvalue weighted by molar-refractivity contribution is 6.06. The van der Waals surface area contributed by atoms with Gasteiger partial charge in [-0.05, 0) is 33.4 Å². The third-order valence-electron chi connectivity index (χ3n) is 9.77. The molecule has 52 heavy (non-hydrogen) atoms. The molecule has 4 unspecified atom stereocenters. The number of morpholine rings is 1. The van der Waals surface area contributed by atoms with Crippen LogP contribution in [0.2, 0.25) is 0 Å². The molecule has 7 rings (SSSR count). The Bertz CT molecular complexity index is 1830. The molecular formula is C41H43N3O8. The standard InChI is InChI=1S/C41H43N3O8/c45-26-28-10-12-31(13-11-28)37-22-34(25-43-18-20-49-21-19-43)51-40(52-37)32-16-14-30(15-17-32)35-9-5-4-8-33(35)24-44-38(46)23-36(39(44)47)42-41(48)50-27-29-6-2-1-3-7-29/h1-17,34,36-37,40,45H,18-27H2,(H,42,48). The lowest BCUT2D eigenvalue weighted by atomic mass is 9.97. The Kier molecular flexibility index (Phi) is 11.3. The van der Waals surface area contributed by atoms with Crippen LogP contribution in [0.4, 0.5) is 4.79 Å². The van der Waals surface area contributed by atoms with Crippen molar-refractivity contribution < 1.29 is 38.4 Å². The van der Waals surface area contributed by atoms with Crippen molar-refractivity contribution in [1.82, 2.24) is 15.1 Å². The molecule has 4 aromatic carbocycles. The van der Waals surface area contributed by atoms with E-state index in [4.69, 9.17) is 18.9 Å². The number of carbonyl (C=O) groups excluding carboxylic acids is 3. The highest BCUT2D eigenvalue weighted by atomic mass is 16.7. The van der Waals surface area contributed by atoms with E-state index in [0.717, 1.165) is 58.6 Å². The molecule has 3 amide bonds. The van der Waals surface area contributed by atoms with Crippen molar-refractivity contribution in [1.29, 1.82) is 0 Å². The van der Waals surface area contributed by atoms with Crippen molar-refractivity contribution in [2.75, 3.05) is 32.8 Å². The zero-order valence-electron chi connectivity index (χ0n) is 28.9. The van der Waals surface area contributed by atoms with E-state index in [2.05, 4.69) is 10.2 Å². The van der Waals surface area contributed by atoms with Gasteiger partial charge in [0, 0.05) is 31.6 Å². The van der Waals surface area contributed by atoms with Gasteiger partial charge in [-0.2, -0.15) is 0 Å². The van der Waals surface area contributed by atoms with E-state index in [1.807, 2.05) is 103 Å². The topological polar surface area (TPSA) is 127 Å². The second-order valence-electron chi connectivity index (χ2n) is 13.3. The van der Waals surface area contributed by atoms with Crippen LogP contribution < -0.4 is 5.32 Å². The molecule has 0 bridgehead atoms.